The number of fused-ring (bicyclic) bond motifs is 1. The van der Waals surface area contributed by atoms with Crippen LogP contribution in [0, 0.1) is 0 Å². The van der Waals surface area contributed by atoms with Gasteiger partial charge in [0.15, 0.2) is 9.84 Å². The standard InChI is InChI=1S/C9H10N2O3S2/c1-15-5-2-6(10)9-7(3-5)11-8(12)4-16(9,13)14/h2-3H,4,10H2,1H3,(H,11,12). The van der Waals surface area contributed by atoms with Gasteiger partial charge < -0.3 is 11.1 Å². The normalized spacial score (nSPS) is 17.7. The van der Waals surface area contributed by atoms with E-state index in [1.807, 2.05) is 6.26 Å². The minimum absolute atomic E-state index is 0.0323. The van der Waals surface area contributed by atoms with E-state index in [1.165, 1.54) is 11.8 Å². The predicted octanol–water partition coefficient (Wildman–Crippen LogP) is 0.717. The molecule has 0 fully saturated rings. The van der Waals surface area contributed by atoms with E-state index in [0.717, 1.165) is 4.90 Å². The molecule has 0 spiro atoms. The fourth-order valence-corrected chi connectivity index (χ4v) is 3.52. The Kier molecular flexibility index (Phi) is 2.59. The molecule has 2 rings (SSSR count). The molecule has 0 saturated carbocycles. The van der Waals surface area contributed by atoms with Gasteiger partial charge in [0.05, 0.1) is 11.4 Å². The number of nitrogens with two attached hydrogens (primary N) is 1. The van der Waals surface area contributed by atoms with Crippen molar-refractivity contribution in [3.8, 4) is 0 Å². The Labute approximate surface area is 97.3 Å². The molecule has 0 aliphatic carbocycles. The van der Waals surface area contributed by atoms with Crippen LogP contribution >= 0.6 is 11.8 Å². The van der Waals surface area contributed by atoms with Crippen LogP contribution in [-0.4, -0.2) is 26.3 Å². The summed E-state index contributed by atoms with van der Waals surface area (Å²) < 4.78 is 23.5. The van der Waals surface area contributed by atoms with E-state index in [-0.39, 0.29) is 16.3 Å². The molecule has 16 heavy (non-hydrogen) atoms. The topological polar surface area (TPSA) is 89.3 Å². The lowest BCUT2D eigenvalue weighted by atomic mass is 10.2. The third-order valence-electron chi connectivity index (χ3n) is 2.23. The molecule has 1 aromatic rings. The van der Waals surface area contributed by atoms with Crippen LogP contribution in [0.3, 0.4) is 0 Å². The van der Waals surface area contributed by atoms with E-state index < -0.39 is 21.5 Å². The Hall–Kier alpha value is -1.21. The van der Waals surface area contributed by atoms with Crippen molar-refractivity contribution in [3.05, 3.63) is 12.1 Å². The number of carbonyl (C=O) groups excluding carboxylic acids is 1. The zero-order valence-corrected chi connectivity index (χ0v) is 10.1. The Morgan fingerprint density at radius 1 is 1.44 bits per heavy atom. The largest absolute Gasteiger partial charge is 0.398 e. The predicted molar refractivity (Wildman–Crippen MR) is 63.3 cm³/mol. The Balaban J connectivity index is 2.73. The van der Waals surface area contributed by atoms with Crippen molar-refractivity contribution in [2.45, 2.75) is 9.79 Å². The van der Waals surface area contributed by atoms with Crippen LogP contribution in [0.4, 0.5) is 11.4 Å². The molecule has 1 aliphatic heterocycles. The number of anilines is 2. The second-order valence-electron chi connectivity index (χ2n) is 3.40. The third-order valence-corrected chi connectivity index (χ3v) is 4.66. The number of sulfone groups is 1. The first kappa shape index (κ1) is 11.3. The monoisotopic (exact) mass is 258 g/mol. The van der Waals surface area contributed by atoms with Crippen molar-refractivity contribution in [3.63, 3.8) is 0 Å². The third kappa shape index (κ3) is 1.76. The minimum atomic E-state index is -3.59. The van der Waals surface area contributed by atoms with E-state index in [9.17, 15) is 13.2 Å². The fraction of sp³-hybridized carbons (Fsp3) is 0.222. The van der Waals surface area contributed by atoms with Gasteiger partial charge in [0.1, 0.15) is 10.6 Å². The number of nitrogens with one attached hydrogen (secondary N) is 1. The first-order valence-corrected chi connectivity index (χ1v) is 7.32. The number of carbonyl (C=O) groups is 1. The van der Waals surface area contributed by atoms with E-state index >= 15 is 0 Å². The number of hydrogen-bond donors (Lipinski definition) is 2. The molecule has 1 aromatic carbocycles. The Morgan fingerprint density at radius 2 is 2.12 bits per heavy atom. The van der Waals surface area contributed by atoms with Gasteiger partial charge in [-0.15, -0.1) is 11.8 Å². The zero-order valence-electron chi connectivity index (χ0n) is 8.48. The summed E-state index contributed by atoms with van der Waals surface area (Å²) in [4.78, 5) is 12.1. The van der Waals surface area contributed by atoms with Gasteiger partial charge in [0.25, 0.3) is 0 Å². The molecule has 1 aliphatic rings. The lowest BCUT2D eigenvalue weighted by molar-refractivity contribution is -0.114. The average Bonchev–Trinajstić information content (AvgIpc) is 2.13. The summed E-state index contributed by atoms with van der Waals surface area (Å²) in [6.07, 6.45) is 1.85. The van der Waals surface area contributed by atoms with E-state index in [0.29, 0.717) is 0 Å². The highest BCUT2D eigenvalue weighted by atomic mass is 32.2. The summed E-state index contributed by atoms with van der Waals surface area (Å²) in [5.74, 6) is -1.06. The smallest absolute Gasteiger partial charge is 0.239 e. The lowest BCUT2D eigenvalue weighted by Gasteiger charge is -2.19. The van der Waals surface area contributed by atoms with Crippen molar-refractivity contribution >= 4 is 38.9 Å². The van der Waals surface area contributed by atoms with Gasteiger partial charge in [-0.3, -0.25) is 4.79 Å². The van der Waals surface area contributed by atoms with Gasteiger partial charge in [-0.1, -0.05) is 0 Å². The van der Waals surface area contributed by atoms with Crippen LogP contribution in [0.2, 0.25) is 0 Å². The highest BCUT2D eigenvalue weighted by Gasteiger charge is 2.31. The molecule has 5 nitrogen and oxygen atoms in total. The second kappa shape index (κ2) is 3.67. The summed E-state index contributed by atoms with van der Waals surface area (Å²) in [5.41, 5.74) is 6.16. The molecule has 86 valence electrons. The van der Waals surface area contributed by atoms with Crippen molar-refractivity contribution in [2.24, 2.45) is 0 Å². The molecule has 0 radical (unpaired) electrons. The first-order chi connectivity index (χ1) is 7.44. The lowest BCUT2D eigenvalue weighted by Crippen LogP contribution is -2.30. The van der Waals surface area contributed by atoms with Crippen LogP contribution in [0.5, 0.6) is 0 Å². The summed E-state index contributed by atoms with van der Waals surface area (Å²) in [5, 5.41) is 2.52. The second-order valence-corrected chi connectivity index (χ2v) is 6.21. The number of nitrogen functional groups attached to an aromatic ring is 1. The first-order valence-electron chi connectivity index (χ1n) is 4.44. The van der Waals surface area contributed by atoms with Gasteiger partial charge in [0.2, 0.25) is 5.91 Å². The number of rotatable bonds is 1. The molecule has 0 unspecified atom stereocenters. The molecule has 0 bridgehead atoms. The fourth-order valence-electron chi connectivity index (χ4n) is 1.61. The van der Waals surface area contributed by atoms with Gasteiger partial charge >= 0.3 is 0 Å². The van der Waals surface area contributed by atoms with Crippen molar-refractivity contribution < 1.29 is 13.2 Å². The van der Waals surface area contributed by atoms with Crippen LogP contribution in [0.25, 0.3) is 0 Å². The Morgan fingerprint density at radius 3 is 2.75 bits per heavy atom. The molecule has 0 aromatic heterocycles. The van der Waals surface area contributed by atoms with E-state index in [4.69, 9.17) is 5.73 Å². The number of benzene rings is 1. The molecule has 0 atom stereocenters. The quantitative estimate of drug-likeness (QED) is 0.572. The van der Waals surface area contributed by atoms with Gasteiger partial charge in [-0.05, 0) is 18.4 Å². The number of amides is 1. The SMILES string of the molecule is CSc1cc(N)c2c(c1)NC(=O)CS2(=O)=O. The highest BCUT2D eigenvalue weighted by Crippen LogP contribution is 2.35. The molecular formula is C9H10N2O3S2. The number of thioether (sulfide) groups is 1. The van der Waals surface area contributed by atoms with Gasteiger partial charge in [0, 0.05) is 4.90 Å². The molecular weight excluding hydrogens is 248 g/mol. The molecule has 3 N–H and O–H groups in total. The van der Waals surface area contributed by atoms with Gasteiger partial charge in [-0.25, -0.2) is 8.42 Å². The average molecular weight is 258 g/mol. The highest BCUT2D eigenvalue weighted by molar-refractivity contribution is 7.98. The van der Waals surface area contributed by atoms with Crippen LogP contribution in [0.1, 0.15) is 0 Å². The maximum atomic E-state index is 11.8. The molecule has 1 heterocycles. The van der Waals surface area contributed by atoms with Gasteiger partial charge in [-0.2, -0.15) is 0 Å². The summed E-state index contributed by atoms with van der Waals surface area (Å²) in [6, 6.07) is 3.21. The maximum absolute atomic E-state index is 11.8. The minimum Gasteiger partial charge on any atom is -0.398 e. The molecule has 7 heteroatoms. The van der Waals surface area contributed by atoms with Crippen LogP contribution in [0.15, 0.2) is 21.9 Å². The van der Waals surface area contributed by atoms with Crippen molar-refractivity contribution in [1.82, 2.24) is 0 Å². The summed E-state index contributed by atoms with van der Waals surface area (Å²) in [6.45, 7) is 0. The van der Waals surface area contributed by atoms with Crippen LogP contribution in [-0.2, 0) is 14.6 Å². The van der Waals surface area contributed by atoms with E-state index in [2.05, 4.69) is 5.32 Å². The van der Waals surface area contributed by atoms with Crippen LogP contribution < -0.4 is 11.1 Å². The number of hydrogen-bond acceptors (Lipinski definition) is 5. The summed E-state index contributed by atoms with van der Waals surface area (Å²) >= 11 is 1.43. The zero-order chi connectivity index (χ0) is 11.9. The van der Waals surface area contributed by atoms with E-state index in [1.54, 1.807) is 12.1 Å². The molecule has 1 amide bonds. The summed E-state index contributed by atoms with van der Waals surface area (Å²) in [7, 11) is -3.59. The van der Waals surface area contributed by atoms with Crippen molar-refractivity contribution in [2.75, 3.05) is 23.1 Å². The maximum Gasteiger partial charge on any atom is 0.239 e. The Bertz CT molecular complexity index is 566. The molecule has 0 saturated heterocycles. The van der Waals surface area contributed by atoms with Crippen molar-refractivity contribution in [1.29, 1.82) is 0 Å².